The third-order valence-corrected chi connectivity index (χ3v) is 1.18. The van der Waals surface area contributed by atoms with E-state index in [0.717, 1.165) is 18.9 Å². The molecular formula is C6H12N4. The van der Waals surface area contributed by atoms with Gasteiger partial charge in [-0.3, -0.25) is 4.68 Å². The second-order valence-corrected chi connectivity index (χ2v) is 2.11. The average Bonchev–Trinajstić information content (AvgIpc) is 2.31. The standard InChI is InChI=1S/C6H12N4/c1-3-7-4-6-8-5-10(2)9-6/h5,7H,3-4H2,1-2H3. The van der Waals surface area contributed by atoms with Crippen LogP contribution >= 0.6 is 0 Å². The van der Waals surface area contributed by atoms with Gasteiger partial charge in [-0.2, -0.15) is 5.10 Å². The van der Waals surface area contributed by atoms with Crippen molar-refractivity contribution in [3.63, 3.8) is 0 Å². The van der Waals surface area contributed by atoms with Crippen molar-refractivity contribution in [3.05, 3.63) is 12.2 Å². The number of rotatable bonds is 3. The summed E-state index contributed by atoms with van der Waals surface area (Å²) in [6.45, 7) is 3.78. The van der Waals surface area contributed by atoms with Crippen LogP contribution in [-0.4, -0.2) is 21.3 Å². The third kappa shape index (κ3) is 1.80. The van der Waals surface area contributed by atoms with Gasteiger partial charge in [-0.05, 0) is 6.54 Å². The van der Waals surface area contributed by atoms with Gasteiger partial charge in [0.1, 0.15) is 6.33 Å². The van der Waals surface area contributed by atoms with Crippen LogP contribution in [0.2, 0.25) is 0 Å². The Bertz CT molecular complexity index is 193. The average molecular weight is 140 g/mol. The second kappa shape index (κ2) is 3.31. The predicted molar refractivity (Wildman–Crippen MR) is 38.4 cm³/mol. The van der Waals surface area contributed by atoms with Gasteiger partial charge in [0.05, 0.1) is 6.54 Å². The molecule has 0 amide bonds. The number of aryl methyl sites for hydroxylation is 1. The maximum Gasteiger partial charge on any atom is 0.164 e. The molecule has 0 fully saturated rings. The summed E-state index contributed by atoms with van der Waals surface area (Å²) in [5.74, 6) is 0.851. The van der Waals surface area contributed by atoms with E-state index in [4.69, 9.17) is 0 Å². The Labute approximate surface area is 60.3 Å². The van der Waals surface area contributed by atoms with E-state index in [-0.39, 0.29) is 0 Å². The molecule has 0 aliphatic carbocycles. The summed E-state index contributed by atoms with van der Waals surface area (Å²) in [5, 5.41) is 7.23. The van der Waals surface area contributed by atoms with Crippen LogP contribution in [0.3, 0.4) is 0 Å². The smallest absolute Gasteiger partial charge is 0.164 e. The molecule has 1 rings (SSSR count). The molecule has 56 valence electrons. The minimum absolute atomic E-state index is 0.761. The van der Waals surface area contributed by atoms with E-state index in [1.165, 1.54) is 0 Å². The SMILES string of the molecule is CCNCc1ncn(C)n1. The van der Waals surface area contributed by atoms with Crippen molar-refractivity contribution in [1.82, 2.24) is 20.1 Å². The van der Waals surface area contributed by atoms with Crippen LogP contribution in [0.1, 0.15) is 12.7 Å². The molecule has 0 saturated heterocycles. The monoisotopic (exact) mass is 140 g/mol. The van der Waals surface area contributed by atoms with Gasteiger partial charge >= 0.3 is 0 Å². The molecule has 0 aliphatic heterocycles. The highest BCUT2D eigenvalue weighted by Gasteiger charge is 1.94. The molecule has 0 aromatic carbocycles. The van der Waals surface area contributed by atoms with Crippen molar-refractivity contribution in [2.45, 2.75) is 13.5 Å². The first kappa shape index (κ1) is 7.21. The van der Waals surface area contributed by atoms with E-state index in [1.54, 1.807) is 11.0 Å². The minimum atomic E-state index is 0.761. The molecule has 0 atom stereocenters. The van der Waals surface area contributed by atoms with Crippen LogP contribution in [0.25, 0.3) is 0 Å². The van der Waals surface area contributed by atoms with Crippen molar-refractivity contribution >= 4 is 0 Å². The summed E-state index contributed by atoms with van der Waals surface area (Å²) in [6.07, 6.45) is 1.70. The number of hydrogen-bond acceptors (Lipinski definition) is 3. The van der Waals surface area contributed by atoms with E-state index in [9.17, 15) is 0 Å². The van der Waals surface area contributed by atoms with E-state index in [2.05, 4.69) is 22.3 Å². The van der Waals surface area contributed by atoms with Crippen molar-refractivity contribution in [1.29, 1.82) is 0 Å². The third-order valence-electron chi connectivity index (χ3n) is 1.18. The van der Waals surface area contributed by atoms with Gasteiger partial charge in [0.2, 0.25) is 0 Å². The van der Waals surface area contributed by atoms with Gasteiger partial charge in [-0.15, -0.1) is 0 Å². The van der Waals surface area contributed by atoms with E-state index in [0.29, 0.717) is 0 Å². The molecule has 0 radical (unpaired) electrons. The van der Waals surface area contributed by atoms with Gasteiger partial charge < -0.3 is 5.32 Å². The molecule has 0 unspecified atom stereocenters. The maximum absolute atomic E-state index is 4.09. The predicted octanol–water partition coefficient (Wildman–Crippen LogP) is -0.0754. The van der Waals surface area contributed by atoms with E-state index < -0.39 is 0 Å². The fraction of sp³-hybridized carbons (Fsp3) is 0.667. The van der Waals surface area contributed by atoms with Crippen LogP contribution in [0.15, 0.2) is 6.33 Å². The second-order valence-electron chi connectivity index (χ2n) is 2.11. The largest absolute Gasteiger partial charge is 0.310 e. The summed E-state index contributed by atoms with van der Waals surface area (Å²) in [5.41, 5.74) is 0. The fourth-order valence-corrected chi connectivity index (χ4v) is 0.702. The summed E-state index contributed by atoms with van der Waals surface area (Å²) >= 11 is 0. The molecule has 1 aromatic heterocycles. The van der Waals surface area contributed by atoms with E-state index in [1.807, 2.05) is 7.05 Å². The fourth-order valence-electron chi connectivity index (χ4n) is 0.702. The Balaban J connectivity index is 2.42. The number of aromatic nitrogens is 3. The Morgan fingerprint density at radius 2 is 2.50 bits per heavy atom. The van der Waals surface area contributed by atoms with E-state index >= 15 is 0 Å². The van der Waals surface area contributed by atoms with Crippen LogP contribution in [-0.2, 0) is 13.6 Å². The quantitative estimate of drug-likeness (QED) is 0.638. The molecule has 10 heavy (non-hydrogen) atoms. The number of hydrogen-bond donors (Lipinski definition) is 1. The van der Waals surface area contributed by atoms with Crippen LogP contribution in [0.5, 0.6) is 0 Å². The Morgan fingerprint density at radius 1 is 1.70 bits per heavy atom. The molecule has 0 spiro atoms. The van der Waals surface area contributed by atoms with Gasteiger partial charge in [0, 0.05) is 7.05 Å². The zero-order chi connectivity index (χ0) is 7.40. The zero-order valence-corrected chi connectivity index (χ0v) is 6.33. The highest BCUT2D eigenvalue weighted by atomic mass is 15.3. The molecule has 0 aliphatic rings. The van der Waals surface area contributed by atoms with Gasteiger partial charge in [-0.25, -0.2) is 4.98 Å². The van der Waals surface area contributed by atoms with Crippen LogP contribution < -0.4 is 5.32 Å². The summed E-state index contributed by atoms with van der Waals surface area (Å²) in [7, 11) is 1.86. The van der Waals surface area contributed by atoms with Crippen molar-refractivity contribution in [2.75, 3.05) is 6.54 Å². The van der Waals surface area contributed by atoms with Crippen molar-refractivity contribution in [2.24, 2.45) is 7.05 Å². The topological polar surface area (TPSA) is 42.7 Å². The number of nitrogens with one attached hydrogen (secondary N) is 1. The van der Waals surface area contributed by atoms with Gasteiger partial charge in [0.15, 0.2) is 5.82 Å². The molecule has 4 heteroatoms. The summed E-state index contributed by atoms with van der Waals surface area (Å²) in [4.78, 5) is 4.04. The Hall–Kier alpha value is -0.900. The lowest BCUT2D eigenvalue weighted by Gasteiger charge is -1.93. The first-order valence-corrected chi connectivity index (χ1v) is 3.38. The van der Waals surface area contributed by atoms with Gasteiger partial charge in [-0.1, -0.05) is 6.92 Å². The first-order valence-electron chi connectivity index (χ1n) is 3.38. The highest BCUT2D eigenvalue weighted by molar-refractivity contribution is 4.79. The molecule has 1 heterocycles. The lowest BCUT2D eigenvalue weighted by Crippen LogP contribution is -2.13. The first-order chi connectivity index (χ1) is 4.83. The number of nitrogens with zero attached hydrogens (tertiary/aromatic N) is 3. The lowest BCUT2D eigenvalue weighted by atomic mass is 10.6. The van der Waals surface area contributed by atoms with Crippen molar-refractivity contribution in [3.8, 4) is 0 Å². The van der Waals surface area contributed by atoms with Gasteiger partial charge in [0.25, 0.3) is 0 Å². The molecular weight excluding hydrogens is 128 g/mol. The minimum Gasteiger partial charge on any atom is -0.310 e. The zero-order valence-electron chi connectivity index (χ0n) is 6.33. The summed E-state index contributed by atoms with van der Waals surface area (Å²) in [6, 6.07) is 0. The summed E-state index contributed by atoms with van der Waals surface area (Å²) < 4.78 is 1.70. The lowest BCUT2D eigenvalue weighted by molar-refractivity contribution is 0.670. The maximum atomic E-state index is 4.09. The van der Waals surface area contributed by atoms with Crippen molar-refractivity contribution < 1.29 is 0 Å². The van der Waals surface area contributed by atoms with Crippen LogP contribution in [0.4, 0.5) is 0 Å². The highest BCUT2D eigenvalue weighted by Crippen LogP contribution is 1.84. The molecule has 1 N–H and O–H groups in total. The molecule has 4 nitrogen and oxygen atoms in total. The molecule has 0 saturated carbocycles. The Kier molecular flexibility index (Phi) is 2.39. The normalized spacial score (nSPS) is 10.2. The molecule has 0 bridgehead atoms. The molecule has 1 aromatic rings. The Morgan fingerprint density at radius 3 is 3.00 bits per heavy atom. The van der Waals surface area contributed by atoms with Crippen LogP contribution in [0, 0.1) is 0 Å².